The zero-order chi connectivity index (χ0) is 12.3. The van der Waals surface area contributed by atoms with E-state index in [1.807, 2.05) is 37.3 Å². The molecule has 0 aliphatic rings. The van der Waals surface area contributed by atoms with Gasteiger partial charge in [-0.2, -0.15) is 5.26 Å². The predicted octanol–water partition coefficient (Wildman–Crippen LogP) is 2.95. The average molecular weight is 226 g/mol. The van der Waals surface area contributed by atoms with Gasteiger partial charge in [0.1, 0.15) is 11.3 Å². The van der Waals surface area contributed by atoms with Gasteiger partial charge >= 0.3 is 0 Å². The number of hydrogen-bond acceptors (Lipinski definition) is 3. The fourth-order valence-corrected chi connectivity index (χ4v) is 1.80. The first kappa shape index (κ1) is 11.4. The van der Waals surface area contributed by atoms with E-state index >= 15 is 0 Å². The highest BCUT2D eigenvalue weighted by molar-refractivity contribution is 5.84. The van der Waals surface area contributed by atoms with E-state index in [1.54, 1.807) is 7.11 Å². The number of hydrogen-bond donors (Lipinski definition) is 0. The molecule has 0 aliphatic heterocycles. The molecule has 0 spiro atoms. The molecule has 0 amide bonds. The van der Waals surface area contributed by atoms with Crippen LogP contribution in [0.15, 0.2) is 30.3 Å². The van der Waals surface area contributed by atoms with Crippen molar-refractivity contribution in [2.45, 2.75) is 13.3 Å². The summed E-state index contributed by atoms with van der Waals surface area (Å²) in [5.41, 5.74) is 1.79. The molecule has 0 fully saturated rings. The summed E-state index contributed by atoms with van der Waals surface area (Å²) in [6, 6.07) is 12.0. The summed E-state index contributed by atoms with van der Waals surface area (Å²) in [4.78, 5) is 4.56. The molecule has 1 aromatic carbocycles. The van der Waals surface area contributed by atoms with E-state index in [0.717, 1.165) is 22.3 Å². The third kappa shape index (κ3) is 2.36. The number of fused-ring (bicyclic) bond motifs is 1. The molecule has 3 heteroatoms. The number of nitriles is 1. The van der Waals surface area contributed by atoms with Crippen molar-refractivity contribution in [1.82, 2.24) is 4.98 Å². The van der Waals surface area contributed by atoms with Gasteiger partial charge in [0, 0.05) is 23.4 Å². The molecule has 1 atom stereocenters. The van der Waals surface area contributed by atoms with Crippen LogP contribution in [-0.2, 0) is 6.42 Å². The molecular formula is C14H14N2O. The van der Waals surface area contributed by atoms with E-state index in [9.17, 15) is 0 Å². The quantitative estimate of drug-likeness (QED) is 0.808. The summed E-state index contributed by atoms with van der Waals surface area (Å²) in [6.45, 7) is 1.90. The lowest BCUT2D eigenvalue weighted by Gasteiger charge is -2.07. The second kappa shape index (κ2) is 4.84. The van der Waals surface area contributed by atoms with Gasteiger partial charge < -0.3 is 4.74 Å². The first-order valence-corrected chi connectivity index (χ1v) is 5.57. The number of ether oxygens (including phenoxy) is 1. The van der Waals surface area contributed by atoms with Crippen molar-refractivity contribution in [3.05, 3.63) is 36.0 Å². The van der Waals surface area contributed by atoms with Crippen LogP contribution in [0.25, 0.3) is 10.9 Å². The standard InChI is InChI=1S/C14H14N2O/c1-10(9-15)8-12-7-6-11-4-3-5-13(17-2)14(11)16-12/h3-7,10H,8H2,1-2H3. The first-order chi connectivity index (χ1) is 8.24. The number of nitrogens with zero attached hydrogens (tertiary/aromatic N) is 2. The van der Waals surface area contributed by atoms with Crippen LogP contribution in [-0.4, -0.2) is 12.1 Å². The molecule has 17 heavy (non-hydrogen) atoms. The summed E-state index contributed by atoms with van der Waals surface area (Å²) in [6.07, 6.45) is 0.671. The summed E-state index contributed by atoms with van der Waals surface area (Å²) in [5, 5.41) is 9.86. The van der Waals surface area contributed by atoms with Gasteiger partial charge in [0.25, 0.3) is 0 Å². The maximum absolute atomic E-state index is 8.81. The molecule has 1 heterocycles. The maximum Gasteiger partial charge on any atom is 0.145 e. The van der Waals surface area contributed by atoms with E-state index in [2.05, 4.69) is 11.1 Å². The van der Waals surface area contributed by atoms with Gasteiger partial charge in [-0.15, -0.1) is 0 Å². The van der Waals surface area contributed by atoms with Gasteiger partial charge in [-0.3, -0.25) is 0 Å². The minimum Gasteiger partial charge on any atom is -0.494 e. The van der Waals surface area contributed by atoms with Gasteiger partial charge in [-0.25, -0.2) is 4.98 Å². The van der Waals surface area contributed by atoms with E-state index in [0.29, 0.717) is 6.42 Å². The monoisotopic (exact) mass is 226 g/mol. The van der Waals surface area contributed by atoms with Crippen LogP contribution in [0.2, 0.25) is 0 Å². The molecule has 1 aromatic heterocycles. The Morgan fingerprint density at radius 3 is 2.88 bits per heavy atom. The number of pyridine rings is 1. The molecular weight excluding hydrogens is 212 g/mol. The van der Waals surface area contributed by atoms with Gasteiger partial charge in [-0.05, 0) is 19.1 Å². The Morgan fingerprint density at radius 1 is 1.35 bits per heavy atom. The van der Waals surface area contributed by atoms with Crippen LogP contribution in [0.3, 0.4) is 0 Å². The van der Waals surface area contributed by atoms with Crippen molar-refractivity contribution in [3.8, 4) is 11.8 Å². The molecule has 0 radical (unpaired) electrons. The fraction of sp³-hybridized carbons (Fsp3) is 0.286. The van der Waals surface area contributed by atoms with Gasteiger partial charge in [0.2, 0.25) is 0 Å². The third-order valence-corrected chi connectivity index (χ3v) is 2.70. The second-order valence-electron chi connectivity index (χ2n) is 4.07. The highest BCUT2D eigenvalue weighted by Gasteiger charge is 2.06. The molecule has 0 saturated carbocycles. The lowest BCUT2D eigenvalue weighted by atomic mass is 10.1. The minimum absolute atomic E-state index is 0.0188. The van der Waals surface area contributed by atoms with Crippen LogP contribution in [0, 0.1) is 17.2 Å². The molecule has 1 unspecified atom stereocenters. The Morgan fingerprint density at radius 2 is 2.18 bits per heavy atom. The van der Waals surface area contributed by atoms with Crippen LogP contribution in [0.4, 0.5) is 0 Å². The van der Waals surface area contributed by atoms with Crippen LogP contribution in [0.1, 0.15) is 12.6 Å². The highest BCUT2D eigenvalue weighted by atomic mass is 16.5. The Hall–Kier alpha value is -2.08. The number of benzene rings is 1. The van der Waals surface area contributed by atoms with Gasteiger partial charge in [-0.1, -0.05) is 18.2 Å². The van der Waals surface area contributed by atoms with Crippen molar-refractivity contribution < 1.29 is 4.74 Å². The molecule has 86 valence electrons. The lowest BCUT2D eigenvalue weighted by molar-refractivity contribution is 0.418. The molecule has 0 bridgehead atoms. The Labute approximate surface area is 101 Å². The normalized spacial score (nSPS) is 12.1. The van der Waals surface area contributed by atoms with E-state index in [4.69, 9.17) is 10.00 Å². The predicted molar refractivity (Wildman–Crippen MR) is 66.8 cm³/mol. The number of methoxy groups -OCH3 is 1. The van der Waals surface area contributed by atoms with E-state index in [1.165, 1.54) is 0 Å². The molecule has 2 rings (SSSR count). The Balaban J connectivity index is 2.45. The summed E-state index contributed by atoms with van der Waals surface area (Å²) >= 11 is 0. The van der Waals surface area contributed by atoms with Gasteiger partial charge in [0.05, 0.1) is 13.2 Å². The van der Waals surface area contributed by atoms with Gasteiger partial charge in [0.15, 0.2) is 0 Å². The number of aromatic nitrogens is 1. The second-order valence-corrected chi connectivity index (χ2v) is 4.07. The Kier molecular flexibility index (Phi) is 3.24. The summed E-state index contributed by atoms with van der Waals surface area (Å²) in [5.74, 6) is 0.753. The van der Waals surface area contributed by atoms with Crippen molar-refractivity contribution in [2.75, 3.05) is 7.11 Å². The zero-order valence-electron chi connectivity index (χ0n) is 9.97. The number of para-hydroxylation sites is 1. The maximum atomic E-state index is 8.81. The smallest absolute Gasteiger partial charge is 0.145 e. The Bertz CT molecular complexity index is 572. The molecule has 0 saturated heterocycles. The first-order valence-electron chi connectivity index (χ1n) is 5.57. The molecule has 0 aliphatic carbocycles. The zero-order valence-corrected chi connectivity index (χ0v) is 9.97. The SMILES string of the molecule is COc1cccc2ccc(CC(C)C#N)nc12. The third-order valence-electron chi connectivity index (χ3n) is 2.70. The highest BCUT2D eigenvalue weighted by Crippen LogP contribution is 2.24. The largest absolute Gasteiger partial charge is 0.494 e. The van der Waals surface area contributed by atoms with Crippen LogP contribution in [0.5, 0.6) is 5.75 Å². The summed E-state index contributed by atoms with van der Waals surface area (Å²) in [7, 11) is 1.64. The molecule has 2 aromatic rings. The van der Waals surface area contributed by atoms with Crippen molar-refractivity contribution in [2.24, 2.45) is 5.92 Å². The van der Waals surface area contributed by atoms with Crippen LogP contribution >= 0.6 is 0 Å². The summed E-state index contributed by atoms with van der Waals surface area (Å²) < 4.78 is 5.29. The molecule has 0 N–H and O–H groups in total. The molecule has 3 nitrogen and oxygen atoms in total. The van der Waals surface area contributed by atoms with Crippen molar-refractivity contribution >= 4 is 10.9 Å². The number of rotatable bonds is 3. The topological polar surface area (TPSA) is 45.9 Å². The fourth-order valence-electron chi connectivity index (χ4n) is 1.80. The lowest BCUT2D eigenvalue weighted by Crippen LogP contribution is -1.99. The minimum atomic E-state index is -0.0188. The van der Waals surface area contributed by atoms with Crippen LogP contribution < -0.4 is 4.74 Å². The average Bonchev–Trinajstić information content (AvgIpc) is 2.37. The van der Waals surface area contributed by atoms with E-state index < -0.39 is 0 Å². The van der Waals surface area contributed by atoms with Crippen molar-refractivity contribution in [1.29, 1.82) is 5.26 Å². The van der Waals surface area contributed by atoms with Crippen molar-refractivity contribution in [3.63, 3.8) is 0 Å². The van der Waals surface area contributed by atoms with E-state index in [-0.39, 0.29) is 5.92 Å².